The van der Waals surface area contributed by atoms with Gasteiger partial charge in [-0.3, -0.25) is 0 Å². The van der Waals surface area contributed by atoms with Crippen molar-refractivity contribution in [2.75, 3.05) is 6.61 Å². The van der Waals surface area contributed by atoms with Gasteiger partial charge in [0.15, 0.2) is 6.04 Å². The molecule has 0 bridgehead atoms. The van der Waals surface area contributed by atoms with Crippen LogP contribution in [0.25, 0.3) is 0 Å². The minimum Gasteiger partial charge on any atom is -0.479 e. The third-order valence-electron chi connectivity index (χ3n) is 2.06. The quantitative estimate of drug-likeness (QED) is 0.785. The Hall–Kier alpha value is -2.37. The molecule has 2 N–H and O–H groups in total. The Kier molecular flexibility index (Phi) is 4.86. The van der Waals surface area contributed by atoms with E-state index in [2.05, 4.69) is 16.6 Å². The summed E-state index contributed by atoms with van der Waals surface area (Å²) in [6.45, 7) is 3.28. The highest BCUT2D eigenvalue weighted by molar-refractivity contribution is 5.81. The lowest BCUT2D eigenvalue weighted by atomic mass is 10.1. The van der Waals surface area contributed by atoms with Gasteiger partial charge in [0.25, 0.3) is 0 Å². The number of hydrogen-bond donors (Lipinski definition) is 2. The van der Waals surface area contributed by atoms with Crippen LogP contribution >= 0.6 is 0 Å². The van der Waals surface area contributed by atoms with Gasteiger partial charge in [-0.15, -0.1) is 0 Å². The summed E-state index contributed by atoms with van der Waals surface area (Å²) in [4.78, 5) is 22.2. The highest BCUT2D eigenvalue weighted by atomic mass is 19.1. The van der Waals surface area contributed by atoms with E-state index in [1.807, 2.05) is 0 Å². The van der Waals surface area contributed by atoms with Crippen LogP contribution in [0.3, 0.4) is 0 Å². The smallest absolute Gasteiger partial charge is 0.408 e. The van der Waals surface area contributed by atoms with Crippen molar-refractivity contribution in [1.82, 2.24) is 5.32 Å². The largest absolute Gasteiger partial charge is 0.479 e. The first-order chi connectivity index (χ1) is 8.56. The van der Waals surface area contributed by atoms with Gasteiger partial charge >= 0.3 is 12.1 Å². The molecule has 0 aliphatic heterocycles. The van der Waals surface area contributed by atoms with Crippen molar-refractivity contribution in [1.29, 1.82) is 0 Å². The predicted octanol–water partition coefficient (Wildman–Crippen LogP) is 1.86. The Labute approximate surface area is 103 Å². The lowest BCUT2D eigenvalue weighted by molar-refractivity contribution is -0.139. The minimum absolute atomic E-state index is 0.0601. The van der Waals surface area contributed by atoms with Crippen LogP contribution in [0.1, 0.15) is 11.6 Å². The predicted molar refractivity (Wildman–Crippen MR) is 61.5 cm³/mol. The van der Waals surface area contributed by atoms with Crippen LogP contribution in [0.4, 0.5) is 9.18 Å². The summed E-state index contributed by atoms with van der Waals surface area (Å²) in [5.41, 5.74) is -0.138. The summed E-state index contributed by atoms with van der Waals surface area (Å²) in [5, 5.41) is 11.0. The van der Waals surface area contributed by atoms with Crippen molar-refractivity contribution in [2.24, 2.45) is 0 Å². The Balaban J connectivity index is 2.84. The first-order valence-corrected chi connectivity index (χ1v) is 5.07. The molecule has 0 aromatic heterocycles. The van der Waals surface area contributed by atoms with Crippen molar-refractivity contribution in [3.63, 3.8) is 0 Å². The van der Waals surface area contributed by atoms with Crippen LogP contribution < -0.4 is 5.32 Å². The number of benzene rings is 1. The maximum Gasteiger partial charge on any atom is 0.408 e. The summed E-state index contributed by atoms with van der Waals surface area (Å²) in [7, 11) is 0. The van der Waals surface area contributed by atoms with Crippen LogP contribution in [0.2, 0.25) is 0 Å². The molecular weight excluding hydrogens is 241 g/mol. The van der Waals surface area contributed by atoms with Crippen LogP contribution in [0.15, 0.2) is 36.9 Å². The zero-order valence-electron chi connectivity index (χ0n) is 9.43. The molecule has 0 unspecified atom stereocenters. The van der Waals surface area contributed by atoms with E-state index in [4.69, 9.17) is 5.11 Å². The Morgan fingerprint density at radius 2 is 2.17 bits per heavy atom. The number of halogens is 1. The molecule has 0 saturated carbocycles. The van der Waals surface area contributed by atoms with Crippen LogP contribution in [0.5, 0.6) is 0 Å². The van der Waals surface area contributed by atoms with E-state index < -0.39 is 23.9 Å². The molecule has 0 aliphatic carbocycles. The monoisotopic (exact) mass is 253 g/mol. The van der Waals surface area contributed by atoms with E-state index in [0.29, 0.717) is 0 Å². The summed E-state index contributed by atoms with van der Waals surface area (Å²) in [6, 6.07) is 3.80. The molecule has 96 valence electrons. The van der Waals surface area contributed by atoms with Gasteiger partial charge in [-0.05, 0) is 6.07 Å². The van der Waals surface area contributed by atoms with Gasteiger partial charge < -0.3 is 15.2 Å². The molecular formula is C12H12FNO4. The number of alkyl carbamates (subject to hydrolysis) is 1. The average molecular weight is 253 g/mol. The van der Waals surface area contributed by atoms with Gasteiger partial charge in [-0.1, -0.05) is 30.9 Å². The van der Waals surface area contributed by atoms with Crippen LogP contribution in [-0.2, 0) is 9.53 Å². The zero-order chi connectivity index (χ0) is 13.5. The number of hydrogen-bond acceptors (Lipinski definition) is 3. The van der Waals surface area contributed by atoms with E-state index in [9.17, 15) is 14.0 Å². The first-order valence-electron chi connectivity index (χ1n) is 5.07. The summed E-state index contributed by atoms with van der Waals surface area (Å²) in [6.07, 6.45) is 0.379. The van der Waals surface area contributed by atoms with Gasteiger partial charge in [0.05, 0.1) is 0 Å². The molecule has 0 aliphatic rings. The third kappa shape index (κ3) is 3.58. The molecule has 1 aromatic carbocycles. The van der Waals surface area contributed by atoms with Crippen LogP contribution in [-0.4, -0.2) is 23.8 Å². The van der Waals surface area contributed by atoms with E-state index >= 15 is 0 Å². The van der Waals surface area contributed by atoms with Crippen molar-refractivity contribution in [2.45, 2.75) is 6.04 Å². The highest BCUT2D eigenvalue weighted by Gasteiger charge is 2.25. The number of ether oxygens (including phenoxy) is 1. The molecule has 0 saturated heterocycles. The standard InChI is InChI=1S/C12H12FNO4/c1-2-7-18-12(17)14-10(11(15)16)8-5-3-4-6-9(8)13/h2-6,10H,1,7H2,(H,14,17)(H,15,16)/t10-/m1/s1. The van der Waals surface area contributed by atoms with Gasteiger partial charge in [0, 0.05) is 5.56 Å². The molecule has 0 radical (unpaired) electrons. The minimum atomic E-state index is -1.50. The van der Waals surface area contributed by atoms with Gasteiger partial charge in [-0.25, -0.2) is 14.0 Å². The average Bonchev–Trinajstić information content (AvgIpc) is 2.34. The normalized spacial score (nSPS) is 11.4. The third-order valence-corrected chi connectivity index (χ3v) is 2.06. The van der Waals surface area contributed by atoms with E-state index in [1.165, 1.54) is 24.3 Å². The zero-order valence-corrected chi connectivity index (χ0v) is 9.43. The SMILES string of the molecule is C=CCOC(=O)N[C@@H](C(=O)O)c1ccccc1F. The molecule has 1 aromatic rings. The fourth-order valence-electron chi connectivity index (χ4n) is 1.28. The number of nitrogens with one attached hydrogen (secondary N) is 1. The van der Waals surface area contributed by atoms with Crippen molar-refractivity contribution >= 4 is 12.1 Å². The number of amides is 1. The summed E-state index contributed by atoms with van der Waals surface area (Å²) >= 11 is 0. The number of carboxylic acid groups (broad SMARTS) is 1. The molecule has 6 heteroatoms. The molecule has 18 heavy (non-hydrogen) atoms. The second-order valence-corrected chi connectivity index (χ2v) is 3.32. The van der Waals surface area contributed by atoms with Crippen molar-refractivity contribution in [3.8, 4) is 0 Å². The number of carbonyl (C=O) groups excluding carboxylic acids is 1. The van der Waals surface area contributed by atoms with E-state index in [-0.39, 0.29) is 12.2 Å². The maximum absolute atomic E-state index is 13.4. The number of carboxylic acids is 1. The number of rotatable bonds is 5. The van der Waals surface area contributed by atoms with Gasteiger partial charge in [0.1, 0.15) is 12.4 Å². The lowest BCUT2D eigenvalue weighted by Gasteiger charge is -2.15. The first kappa shape index (κ1) is 13.7. The topological polar surface area (TPSA) is 75.6 Å². The molecule has 1 rings (SSSR count). The molecule has 0 heterocycles. The molecule has 0 fully saturated rings. The molecule has 1 amide bonds. The van der Waals surface area contributed by atoms with E-state index in [0.717, 1.165) is 6.07 Å². The second-order valence-electron chi connectivity index (χ2n) is 3.32. The number of carbonyl (C=O) groups is 2. The van der Waals surface area contributed by atoms with Crippen molar-refractivity contribution in [3.05, 3.63) is 48.3 Å². The van der Waals surface area contributed by atoms with Crippen molar-refractivity contribution < 1.29 is 23.8 Å². The van der Waals surface area contributed by atoms with E-state index in [1.54, 1.807) is 0 Å². The Morgan fingerprint density at radius 1 is 1.50 bits per heavy atom. The molecule has 1 atom stereocenters. The fraction of sp³-hybridized carbons (Fsp3) is 0.167. The molecule has 0 spiro atoms. The van der Waals surface area contributed by atoms with Gasteiger partial charge in [-0.2, -0.15) is 0 Å². The second kappa shape index (κ2) is 6.39. The Bertz CT molecular complexity index is 461. The molecule has 5 nitrogen and oxygen atoms in total. The highest BCUT2D eigenvalue weighted by Crippen LogP contribution is 2.17. The summed E-state index contributed by atoms with van der Waals surface area (Å²) in [5.74, 6) is -2.09. The fourth-order valence-corrected chi connectivity index (χ4v) is 1.28. The lowest BCUT2D eigenvalue weighted by Crippen LogP contribution is -2.34. The maximum atomic E-state index is 13.4. The number of aliphatic carboxylic acids is 1. The van der Waals surface area contributed by atoms with Crippen LogP contribution in [0, 0.1) is 5.82 Å². The Morgan fingerprint density at radius 3 is 2.72 bits per heavy atom. The summed E-state index contributed by atoms with van der Waals surface area (Å²) < 4.78 is 18.0. The van der Waals surface area contributed by atoms with Gasteiger partial charge in [0.2, 0.25) is 0 Å².